The molecule has 2 rings (SSSR count). The molecule has 2 saturated heterocycles. The number of nitrogens with zero attached hydrogens (tertiary/aromatic N) is 2. The lowest BCUT2D eigenvalue weighted by Crippen LogP contribution is -2.44. The smallest absolute Gasteiger partial charge is 0.268 e. The summed E-state index contributed by atoms with van der Waals surface area (Å²) in [6, 6.07) is 0. The van der Waals surface area contributed by atoms with Gasteiger partial charge in [-0.15, -0.1) is 0 Å². The fourth-order valence-electron chi connectivity index (χ4n) is 1.99. The molecule has 4 heteroatoms. The predicted octanol–water partition coefficient (Wildman–Crippen LogP) is 0.702. The molecule has 0 aromatic carbocycles. The van der Waals surface area contributed by atoms with E-state index in [1.165, 1.54) is 0 Å². The number of hydrogen-bond donors (Lipinski definition) is 0. The van der Waals surface area contributed by atoms with Crippen molar-refractivity contribution in [3.63, 3.8) is 0 Å². The Morgan fingerprint density at radius 3 is 2.43 bits per heavy atom. The summed E-state index contributed by atoms with van der Waals surface area (Å²) in [7, 11) is 0. The molecule has 0 unspecified atom stereocenters. The Morgan fingerprint density at radius 1 is 1.14 bits per heavy atom. The molecule has 0 aromatic rings. The van der Waals surface area contributed by atoms with E-state index < -0.39 is 0 Å². The fraction of sp³-hybridized carbons (Fsp3) is 0.600. The summed E-state index contributed by atoms with van der Waals surface area (Å²) in [6.45, 7) is 3.22. The second-order valence-electron chi connectivity index (χ2n) is 3.61. The molecule has 0 aliphatic carbocycles. The van der Waals surface area contributed by atoms with Crippen LogP contribution >= 0.6 is 0 Å². The summed E-state index contributed by atoms with van der Waals surface area (Å²) in [5, 5.41) is 3.18. The third-order valence-corrected chi connectivity index (χ3v) is 2.79. The van der Waals surface area contributed by atoms with E-state index in [1.807, 2.05) is 13.0 Å². The van der Waals surface area contributed by atoms with E-state index in [0.717, 1.165) is 18.4 Å². The Hall–Kier alpha value is -1.32. The fourth-order valence-corrected chi connectivity index (χ4v) is 1.99. The lowest BCUT2D eigenvalue weighted by molar-refractivity contribution is -0.154. The highest BCUT2D eigenvalue weighted by Crippen LogP contribution is 2.22. The Kier molecular flexibility index (Phi) is 2.27. The Balaban J connectivity index is 2.13. The highest BCUT2D eigenvalue weighted by atomic mass is 16.2. The van der Waals surface area contributed by atoms with Crippen LogP contribution in [0.4, 0.5) is 0 Å². The van der Waals surface area contributed by atoms with Crippen molar-refractivity contribution >= 4 is 11.8 Å². The highest BCUT2D eigenvalue weighted by Gasteiger charge is 2.34. The number of carbonyl (C=O) groups excluding carboxylic acids is 2. The van der Waals surface area contributed by atoms with Gasteiger partial charge in [0.1, 0.15) is 0 Å². The van der Waals surface area contributed by atoms with Gasteiger partial charge in [0, 0.05) is 25.1 Å². The van der Waals surface area contributed by atoms with Crippen LogP contribution in [0.15, 0.2) is 11.6 Å². The second-order valence-corrected chi connectivity index (χ2v) is 3.61. The maximum atomic E-state index is 11.7. The average molecular weight is 194 g/mol. The third kappa shape index (κ3) is 1.31. The highest BCUT2D eigenvalue weighted by molar-refractivity contribution is 5.96. The molecule has 14 heavy (non-hydrogen) atoms. The van der Waals surface area contributed by atoms with Gasteiger partial charge in [0.2, 0.25) is 5.91 Å². The maximum Gasteiger partial charge on any atom is 0.268 e. The van der Waals surface area contributed by atoms with Gasteiger partial charge in [-0.3, -0.25) is 14.6 Å². The monoisotopic (exact) mass is 194 g/mol. The van der Waals surface area contributed by atoms with E-state index in [1.54, 1.807) is 10.0 Å². The molecule has 2 aliphatic rings. The molecule has 0 radical (unpaired) electrons. The van der Waals surface area contributed by atoms with Crippen LogP contribution in [-0.2, 0) is 9.59 Å². The molecule has 0 bridgehead atoms. The number of hydrogen-bond acceptors (Lipinski definition) is 2. The van der Waals surface area contributed by atoms with E-state index in [0.29, 0.717) is 19.5 Å². The molecule has 2 aliphatic heterocycles. The molecule has 76 valence electrons. The van der Waals surface area contributed by atoms with Crippen LogP contribution in [0.5, 0.6) is 0 Å². The number of amides is 2. The Bertz CT molecular complexity index is 309. The zero-order valence-corrected chi connectivity index (χ0v) is 8.32. The normalized spacial score (nSPS) is 25.6. The predicted molar refractivity (Wildman–Crippen MR) is 51.0 cm³/mol. The number of hydrazine groups is 1. The average Bonchev–Trinajstić information content (AvgIpc) is 2.72. The zero-order chi connectivity index (χ0) is 10.1. The summed E-state index contributed by atoms with van der Waals surface area (Å²) in [5.41, 5.74) is 0.824. The van der Waals surface area contributed by atoms with Crippen molar-refractivity contribution in [2.24, 2.45) is 0 Å². The number of rotatable bonds is 1. The van der Waals surface area contributed by atoms with Crippen LogP contribution < -0.4 is 0 Å². The summed E-state index contributed by atoms with van der Waals surface area (Å²) in [6.07, 6.45) is 4.05. The van der Waals surface area contributed by atoms with Crippen molar-refractivity contribution in [1.82, 2.24) is 10.0 Å². The Labute approximate surface area is 83.1 Å². The molecular formula is C10H14N2O2. The van der Waals surface area contributed by atoms with Gasteiger partial charge in [0.15, 0.2) is 0 Å². The quantitative estimate of drug-likeness (QED) is 0.576. The van der Waals surface area contributed by atoms with Gasteiger partial charge in [-0.25, -0.2) is 5.01 Å². The lowest BCUT2D eigenvalue weighted by Gasteiger charge is -2.26. The van der Waals surface area contributed by atoms with E-state index in [4.69, 9.17) is 0 Å². The van der Waals surface area contributed by atoms with Gasteiger partial charge >= 0.3 is 0 Å². The van der Waals surface area contributed by atoms with Crippen molar-refractivity contribution in [1.29, 1.82) is 0 Å². The van der Waals surface area contributed by atoms with Crippen LogP contribution in [-0.4, -0.2) is 34.9 Å². The molecule has 2 fully saturated rings. The van der Waals surface area contributed by atoms with Gasteiger partial charge in [-0.2, -0.15) is 0 Å². The third-order valence-electron chi connectivity index (χ3n) is 2.79. The summed E-state index contributed by atoms with van der Waals surface area (Å²) < 4.78 is 0. The van der Waals surface area contributed by atoms with Crippen LogP contribution in [0.3, 0.4) is 0 Å². The van der Waals surface area contributed by atoms with Crippen LogP contribution in [0.1, 0.15) is 26.2 Å². The summed E-state index contributed by atoms with van der Waals surface area (Å²) in [4.78, 5) is 23.1. The minimum absolute atomic E-state index is 0.00255. The van der Waals surface area contributed by atoms with Crippen molar-refractivity contribution < 1.29 is 9.59 Å². The minimum Gasteiger partial charge on any atom is -0.273 e. The van der Waals surface area contributed by atoms with E-state index in [9.17, 15) is 9.59 Å². The largest absolute Gasteiger partial charge is 0.273 e. The van der Waals surface area contributed by atoms with E-state index in [2.05, 4.69) is 0 Å². The molecule has 0 aromatic heterocycles. The molecule has 2 heterocycles. The van der Waals surface area contributed by atoms with Crippen molar-refractivity contribution in [2.75, 3.05) is 13.1 Å². The van der Waals surface area contributed by atoms with Crippen LogP contribution in [0.2, 0.25) is 0 Å². The standard InChI is InChI=1S/C10H14N2O2/c1-2-8-5-7-12(10(8)14)11-6-3-4-9(11)13/h2H,3-7H2,1H3. The zero-order valence-electron chi connectivity index (χ0n) is 8.32. The first-order chi connectivity index (χ1) is 6.74. The van der Waals surface area contributed by atoms with Crippen LogP contribution in [0.25, 0.3) is 0 Å². The van der Waals surface area contributed by atoms with Gasteiger partial charge in [-0.1, -0.05) is 6.08 Å². The van der Waals surface area contributed by atoms with Gasteiger partial charge in [-0.05, 0) is 19.8 Å². The topological polar surface area (TPSA) is 40.6 Å². The lowest BCUT2D eigenvalue weighted by atomic mass is 10.2. The first-order valence-corrected chi connectivity index (χ1v) is 5.01. The van der Waals surface area contributed by atoms with Crippen molar-refractivity contribution in [2.45, 2.75) is 26.2 Å². The molecule has 0 saturated carbocycles. The van der Waals surface area contributed by atoms with Gasteiger partial charge in [0.25, 0.3) is 5.91 Å². The first kappa shape index (κ1) is 9.24. The molecule has 0 spiro atoms. The van der Waals surface area contributed by atoms with Crippen molar-refractivity contribution in [3.8, 4) is 0 Å². The van der Waals surface area contributed by atoms with Gasteiger partial charge < -0.3 is 0 Å². The van der Waals surface area contributed by atoms with Gasteiger partial charge in [0.05, 0.1) is 0 Å². The minimum atomic E-state index is 0.00255. The van der Waals surface area contributed by atoms with Crippen LogP contribution in [0, 0.1) is 0 Å². The maximum absolute atomic E-state index is 11.7. The molecule has 0 N–H and O–H groups in total. The second kappa shape index (κ2) is 3.44. The number of allylic oxidation sites excluding steroid dienone is 1. The SMILES string of the molecule is CC=C1CCN(N2CCCC2=O)C1=O. The summed E-state index contributed by atoms with van der Waals surface area (Å²) >= 11 is 0. The van der Waals surface area contributed by atoms with E-state index >= 15 is 0 Å². The summed E-state index contributed by atoms with van der Waals surface area (Å²) in [5.74, 6) is 0.0819. The first-order valence-electron chi connectivity index (χ1n) is 5.01. The molecule has 2 amide bonds. The molecule has 4 nitrogen and oxygen atoms in total. The van der Waals surface area contributed by atoms with Crippen molar-refractivity contribution in [3.05, 3.63) is 11.6 Å². The van der Waals surface area contributed by atoms with E-state index in [-0.39, 0.29) is 11.8 Å². The Morgan fingerprint density at radius 2 is 1.93 bits per heavy atom. The molecular weight excluding hydrogens is 180 g/mol. The number of carbonyl (C=O) groups is 2. The molecule has 0 atom stereocenters.